The zero-order chi connectivity index (χ0) is 10.7. The average molecular weight is 207 g/mol. The van der Waals surface area contributed by atoms with Gasteiger partial charge in [-0.05, 0) is 4.99 Å². The van der Waals surface area contributed by atoms with Gasteiger partial charge in [0.25, 0.3) is 5.91 Å². The summed E-state index contributed by atoms with van der Waals surface area (Å²) in [6.45, 7) is 2.09. The highest BCUT2D eigenvalue weighted by Crippen LogP contribution is 2.02. The summed E-state index contributed by atoms with van der Waals surface area (Å²) < 4.78 is 5.12. The summed E-state index contributed by atoms with van der Waals surface area (Å²) in [5.41, 5.74) is 8.66. The van der Waals surface area contributed by atoms with Crippen molar-refractivity contribution in [1.29, 1.82) is 0 Å². The number of hydrogen-bond donors (Lipinski definition) is 0. The van der Waals surface area contributed by atoms with Crippen LogP contribution in [-0.2, 0) is 9.53 Å². The fraction of sp³-hybridized carbons (Fsp3) is 0.500. The third-order valence-corrected chi connectivity index (χ3v) is 2.17. The van der Waals surface area contributed by atoms with Gasteiger partial charge in [-0.1, -0.05) is 0 Å². The van der Waals surface area contributed by atoms with E-state index >= 15 is 0 Å². The van der Waals surface area contributed by atoms with Crippen LogP contribution in [0.5, 0.6) is 0 Å². The Balaban J connectivity index is 2.11. The largest absolute Gasteiger partial charge is 0.497 e. The smallest absolute Gasteiger partial charge is 0.434 e. The Kier molecular flexibility index (Phi) is 2.66. The summed E-state index contributed by atoms with van der Waals surface area (Å²) in [6.07, 6.45) is 1.20. The van der Waals surface area contributed by atoms with E-state index in [1.54, 1.807) is 4.90 Å². The Hall–Kier alpha value is -1.85. The second-order valence-electron chi connectivity index (χ2n) is 3.05. The molecule has 0 radical (unpaired) electrons. The van der Waals surface area contributed by atoms with E-state index in [4.69, 9.17) is 10.3 Å². The van der Waals surface area contributed by atoms with E-state index in [2.05, 4.69) is 14.8 Å². The van der Waals surface area contributed by atoms with Crippen molar-refractivity contribution < 1.29 is 14.3 Å². The number of rotatable bonds is 1. The maximum absolute atomic E-state index is 11.8. The van der Waals surface area contributed by atoms with Crippen LogP contribution in [0.25, 0.3) is 5.53 Å². The summed E-state index contributed by atoms with van der Waals surface area (Å²) in [4.78, 5) is 23.7. The first-order chi connectivity index (χ1) is 7.33. The normalized spacial score (nSPS) is 20.1. The fourth-order valence-corrected chi connectivity index (χ4v) is 1.40. The van der Waals surface area contributed by atoms with Crippen molar-refractivity contribution in [2.75, 3.05) is 26.3 Å². The minimum absolute atomic E-state index is 0.0357. The molecule has 7 heteroatoms. The molecule has 0 bridgehead atoms. The van der Waals surface area contributed by atoms with E-state index in [-0.39, 0.29) is 17.5 Å². The molecule has 0 aliphatic carbocycles. The monoisotopic (exact) mass is 207 g/mol. The number of amides is 1. The van der Waals surface area contributed by atoms with E-state index in [0.29, 0.717) is 26.3 Å². The quantitative estimate of drug-likeness (QED) is 0.405. The second-order valence-corrected chi connectivity index (χ2v) is 3.05. The summed E-state index contributed by atoms with van der Waals surface area (Å²) in [5, 5.41) is 0. The lowest BCUT2D eigenvalue weighted by atomic mass is 10.3. The lowest BCUT2D eigenvalue weighted by Gasteiger charge is -2.25. The van der Waals surface area contributed by atoms with Crippen LogP contribution in [0.1, 0.15) is 0 Å². The van der Waals surface area contributed by atoms with Gasteiger partial charge < -0.3 is 20.0 Å². The molecule has 0 aromatic rings. The van der Waals surface area contributed by atoms with E-state index in [1.165, 1.54) is 6.34 Å². The third-order valence-electron chi connectivity index (χ3n) is 2.17. The van der Waals surface area contributed by atoms with Gasteiger partial charge in [-0.3, -0.25) is 4.79 Å². The highest BCUT2D eigenvalue weighted by Gasteiger charge is 2.33. The molecule has 0 aromatic carbocycles. The van der Waals surface area contributed by atoms with Crippen LogP contribution in [0.2, 0.25) is 0 Å². The van der Waals surface area contributed by atoms with E-state index in [9.17, 15) is 4.79 Å². The van der Waals surface area contributed by atoms with Crippen molar-refractivity contribution in [3.63, 3.8) is 0 Å². The predicted molar refractivity (Wildman–Crippen MR) is 52.0 cm³/mol. The molecule has 2 aliphatic heterocycles. The molecule has 0 spiro atoms. The number of morpholine rings is 1. The average Bonchev–Trinajstić information content (AvgIpc) is 2.77. The minimum Gasteiger partial charge on any atom is -0.497 e. The molecule has 0 unspecified atom stereocenters. The van der Waals surface area contributed by atoms with Gasteiger partial charge >= 0.3 is 5.84 Å². The molecule has 78 valence electrons. The molecular formula is C8H9N5O2. The van der Waals surface area contributed by atoms with E-state index in [1.807, 2.05) is 0 Å². The van der Waals surface area contributed by atoms with E-state index < -0.39 is 0 Å². The van der Waals surface area contributed by atoms with Gasteiger partial charge in [0.2, 0.25) is 12.1 Å². The number of aliphatic imine (C=N–C) groups is 2. The summed E-state index contributed by atoms with van der Waals surface area (Å²) in [7, 11) is 0. The molecule has 0 aromatic heterocycles. The lowest BCUT2D eigenvalue weighted by molar-refractivity contribution is -0.127. The molecule has 2 rings (SSSR count). The number of ether oxygens (including phenoxy) is 1. The van der Waals surface area contributed by atoms with Crippen molar-refractivity contribution in [1.82, 2.24) is 4.90 Å². The van der Waals surface area contributed by atoms with Gasteiger partial charge in [0.05, 0.1) is 13.2 Å². The number of carbonyl (C=O) groups excluding carboxylic acids is 1. The van der Waals surface area contributed by atoms with Crippen LogP contribution >= 0.6 is 0 Å². The van der Waals surface area contributed by atoms with Gasteiger partial charge in [0, 0.05) is 13.1 Å². The molecule has 1 saturated heterocycles. The maximum atomic E-state index is 11.8. The van der Waals surface area contributed by atoms with Gasteiger partial charge in [-0.25, -0.2) is 0 Å². The Morgan fingerprint density at radius 3 is 2.93 bits per heavy atom. The Morgan fingerprint density at radius 1 is 1.53 bits per heavy atom. The van der Waals surface area contributed by atoms with Crippen LogP contribution < -0.4 is 0 Å². The first-order valence-corrected chi connectivity index (χ1v) is 4.52. The van der Waals surface area contributed by atoms with Crippen LogP contribution in [0.15, 0.2) is 9.98 Å². The van der Waals surface area contributed by atoms with Crippen LogP contribution in [0, 0.1) is 0 Å². The third kappa shape index (κ3) is 1.83. The Bertz CT molecular complexity index is 388. The fourth-order valence-electron chi connectivity index (χ4n) is 1.40. The molecule has 2 aliphatic rings. The Labute approximate surface area is 85.7 Å². The summed E-state index contributed by atoms with van der Waals surface area (Å²) in [5.74, 6) is -0.310. The van der Waals surface area contributed by atoms with Crippen molar-refractivity contribution >= 4 is 23.8 Å². The molecule has 0 atom stereocenters. The zero-order valence-corrected chi connectivity index (χ0v) is 7.96. The SMILES string of the molecule is [N-]=[N+]=C1N=CN=C1C(=O)N1CCOCC1. The number of amidine groups is 1. The molecule has 0 saturated carbocycles. The van der Waals surface area contributed by atoms with Crippen molar-refractivity contribution in [2.45, 2.75) is 0 Å². The van der Waals surface area contributed by atoms with Crippen molar-refractivity contribution in [2.24, 2.45) is 9.98 Å². The molecule has 7 nitrogen and oxygen atoms in total. The Morgan fingerprint density at radius 2 is 2.27 bits per heavy atom. The van der Waals surface area contributed by atoms with Crippen LogP contribution in [-0.4, -0.2) is 59.8 Å². The number of nitrogens with zero attached hydrogens (tertiary/aromatic N) is 5. The standard InChI is InChI=1S/C8H9N5O2/c9-12-7-6(10-5-11-7)8(14)13-1-3-15-4-2-13/h5H,1-4H2. The molecular weight excluding hydrogens is 198 g/mol. The molecule has 0 N–H and O–H groups in total. The molecule has 15 heavy (non-hydrogen) atoms. The predicted octanol–water partition coefficient (Wildman–Crippen LogP) is -1.04. The zero-order valence-electron chi connectivity index (χ0n) is 7.96. The highest BCUT2D eigenvalue weighted by molar-refractivity contribution is 6.67. The number of hydrogen-bond acceptors (Lipinski definition) is 3. The van der Waals surface area contributed by atoms with Gasteiger partial charge in [0.15, 0.2) is 0 Å². The summed E-state index contributed by atoms with van der Waals surface area (Å²) >= 11 is 0. The molecule has 1 fully saturated rings. The lowest BCUT2D eigenvalue weighted by Crippen LogP contribution is -2.45. The first-order valence-electron chi connectivity index (χ1n) is 4.52. The van der Waals surface area contributed by atoms with Gasteiger partial charge in [-0.15, -0.1) is 0 Å². The molecule has 2 heterocycles. The second kappa shape index (κ2) is 4.12. The minimum atomic E-state index is -0.274. The van der Waals surface area contributed by atoms with Crippen molar-refractivity contribution in [3.05, 3.63) is 5.53 Å². The summed E-state index contributed by atoms with van der Waals surface area (Å²) in [6, 6.07) is 0. The van der Waals surface area contributed by atoms with Crippen molar-refractivity contribution in [3.8, 4) is 0 Å². The van der Waals surface area contributed by atoms with Crippen LogP contribution in [0.3, 0.4) is 0 Å². The van der Waals surface area contributed by atoms with Crippen LogP contribution in [0.4, 0.5) is 0 Å². The van der Waals surface area contributed by atoms with Gasteiger partial charge in [-0.2, -0.15) is 4.99 Å². The number of carbonyl (C=O) groups is 1. The topological polar surface area (TPSA) is 90.7 Å². The van der Waals surface area contributed by atoms with E-state index in [0.717, 1.165) is 0 Å². The van der Waals surface area contributed by atoms with Gasteiger partial charge in [0.1, 0.15) is 0 Å². The maximum Gasteiger partial charge on any atom is 0.434 e. The molecule has 1 amide bonds. The highest BCUT2D eigenvalue weighted by atomic mass is 16.5. The first kappa shape index (κ1) is 9.70.